The summed E-state index contributed by atoms with van der Waals surface area (Å²) in [7, 11) is 0. The van der Waals surface area contributed by atoms with Gasteiger partial charge in [-0.1, -0.05) is 0 Å². The van der Waals surface area contributed by atoms with E-state index in [-0.39, 0.29) is 17.9 Å². The van der Waals surface area contributed by atoms with E-state index in [1.54, 1.807) is 0 Å². The van der Waals surface area contributed by atoms with Gasteiger partial charge < -0.3 is 14.7 Å². The molecular weight excluding hydrogens is 222 g/mol. The first-order valence-corrected chi connectivity index (χ1v) is 5.69. The van der Waals surface area contributed by atoms with Gasteiger partial charge >= 0.3 is 5.97 Å². The monoisotopic (exact) mass is 235 g/mol. The van der Waals surface area contributed by atoms with E-state index >= 15 is 0 Å². The average Bonchev–Trinajstić information content (AvgIpc) is 2.68. The number of nitrogens with zero attached hydrogens (tertiary/aromatic N) is 3. The molecular formula is C11H13N3O3. The molecule has 0 amide bonds. The summed E-state index contributed by atoms with van der Waals surface area (Å²) in [5.41, 5.74) is 0.0360. The summed E-state index contributed by atoms with van der Waals surface area (Å²) < 4.78 is 5.71. The fraction of sp³-hybridized carbons (Fsp3) is 0.545. The number of aromatic nitrogens is 2. The van der Waals surface area contributed by atoms with Crippen LogP contribution >= 0.6 is 0 Å². The molecule has 1 N–H and O–H groups in total. The van der Waals surface area contributed by atoms with Crippen LogP contribution in [0.15, 0.2) is 12.3 Å². The third-order valence-corrected chi connectivity index (χ3v) is 3.19. The first kappa shape index (κ1) is 10.5. The normalized spacial score (nSPS) is 27.2. The first-order valence-electron chi connectivity index (χ1n) is 5.69. The van der Waals surface area contributed by atoms with Gasteiger partial charge in [-0.2, -0.15) is 0 Å². The van der Waals surface area contributed by atoms with Crippen molar-refractivity contribution in [1.29, 1.82) is 0 Å². The lowest BCUT2D eigenvalue weighted by Crippen LogP contribution is -2.43. The summed E-state index contributed by atoms with van der Waals surface area (Å²) in [4.78, 5) is 21.0. The molecule has 0 aliphatic carbocycles. The molecule has 0 aromatic carbocycles. The van der Waals surface area contributed by atoms with Crippen molar-refractivity contribution < 1.29 is 14.6 Å². The lowest BCUT2D eigenvalue weighted by molar-refractivity contribution is 0.0299. The van der Waals surface area contributed by atoms with E-state index in [1.165, 1.54) is 12.3 Å². The second-order valence-electron chi connectivity index (χ2n) is 4.41. The molecule has 17 heavy (non-hydrogen) atoms. The van der Waals surface area contributed by atoms with Crippen LogP contribution in [0.1, 0.15) is 23.3 Å². The molecule has 0 radical (unpaired) electrons. The summed E-state index contributed by atoms with van der Waals surface area (Å²) in [5, 5.41) is 8.89. The van der Waals surface area contributed by atoms with Crippen molar-refractivity contribution >= 4 is 11.9 Å². The van der Waals surface area contributed by atoms with Crippen LogP contribution in [0.4, 0.5) is 5.95 Å². The molecule has 2 aliphatic heterocycles. The van der Waals surface area contributed by atoms with Gasteiger partial charge in [0.1, 0.15) is 0 Å². The minimum absolute atomic E-state index is 0.0360. The first-order chi connectivity index (χ1) is 8.22. The van der Waals surface area contributed by atoms with Crippen molar-refractivity contribution in [1.82, 2.24) is 9.97 Å². The summed E-state index contributed by atoms with van der Waals surface area (Å²) in [6.07, 6.45) is 4.11. The van der Waals surface area contributed by atoms with Gasteiger partial charge in [0.15, 0.2) is 5.69 Å². The average molecular weight is 235 g/mol. The molecule has 2 atom stereocenters. The number of morpholine rings is 1. The highest BCUT2D eigenvalue weighted by Gasteiger charge is 2.34. The smallest absolute Gasteiger partial charge is 0.354 e. The van der Waals surface area contributed by atoms with Crippen molar-refractivity contribution in [3.05, 3.63) is 18.0 Å². The highest BCUT2D eigenvalue weighted by molar-refractivity contribution is 5.85. The lowest BCUT2D eigenvalue weighted by Gasteiger charge is -2.32. The molecule has 1 aromatic rings. The molecule has 2 unspecified atom stereocenters. The molecule has 2 bridgehead atoms. The number of carboxylic acids is 1. The van der Waals surface area contributed by atoms with Gasteiger partial charge in [0.2, 0.25) is 5.95 Å². The van der Waals surface area contributed by atoms with Crippen molar-refractivity contribution in [3.8, 4) is 0 Å². The topological polar surface area (TPSA) is 75.5 Å². The van der Waals surface area contributed by atoms with E-state index in [9.17, 15) is 4.79 Å². The Labute approximate surface area is 98.2 Å². The van der Waals surface area contributed by atoms with Crippen molar-refractivity contribution in [2.45, 2.75) is 25.0 Å². The van der Waals surface area contributed by atoms with Crippen LogP contribution in [0.25, 0.3) is 0 Å². The largest absolute Gasteiger partial charge is 0.477 e. The van der Waals surface area contributed by atoms with E-state index in [2.05, 4.69) is 9.97 Å². The van der Waals surface area contributed by atoms with Gasteiger partial charge in [-0.05, 0) is 18.9 Å². The second kappa shape index (κ2) is 3.96. The Balaban J connectivity index is 1.84. The Morgan fingerprint density at radius 2 is 2.12 bits per heavy atom. The van der Waals surface area contributed by atoms with Gasteiger partial charge in [-0.25, -0.2) is 14.8 Å². The Bertz CT molecular complexity index is 439. The minimum Gasteiger partial charge on any atom is -0.477 e. The van der Waals surface area contributed by atoms with Crippen LogP contribution in [-0.4, -0.2) is 46.3 Å². The van der Waals surface area contributed by atoms with Crippen molar-refractivity contribution in [2.75, 3.05) is 18.0 Å². The molecule has 90 valence electrons. The number of anilines is 1. The van der Waals surface area contributed by atoms with Gasteiger partial charge in [0.25, 0.3) is 0 Å². The number of aromatic carboxylic acids is 1. The van der Waals surface area contributed by atoms with E-state index in [1.807, 2.05) is 4.90 Å². The molecule has 0 spiro atoms. The minimum atomic E-state index is -1.02. The van der Waals surface area contributed by atoms with E-state index in [0.29, 0.717) is 5.95 Å². The molecule has 3 heterocycles. The van der Waals surface area contributed by atoms with Gasteiger partial charge in [-0.15, -0.1) is 0 Å². The molecule has 2 aliphatic rings. The predicted molar refractivity (Wildman–Crippen MR) is 59.1 cm³/mol. The quantitative estimate of drug-likeness (QED) is 0.806. The van der Waals surface area contributed by atoms with Gasteiger partial charge in [0.05, 0.1) is 12.2 Å². The Morgan fingerprint density at radius 3 is 2.76 bits per heavy atom. The number of fused-ring (bicyclic) bond motifs is 2. The Morgan fingerprint density at radius 1 is 1.41 bits per heavy atom. The maximum Gasteiger partial charge on any atom is 0.354 e. The van der Waals surface area contributed by atoms with Crippen LogP contribution < -0.4 is 4.90 Å². The zero-order chi connectivity index (χ0) is 11.8. The number of carbonyl (C=O) groups is 1. The van der Waals surface area contributed by atoms with Crippen LogP contribution in [0.2, 0.25) is 0 Å². The molecule has 1 aromatic heterocycles. The summed E-state index contributed by atoms with van der Waals surface area (Å²) >= 11 is 0. The maximum absolute atomic E-state index is 10.8. The predicted octanol–water partition coefficient (Wildman–Crippen LogP) is 0.542. The van der Waals surface area contributed by atoms with Crippen molar-refractivity contribution in [2.24, 2.45) is 0 Å². The van der Waals surface area contributed by atoms with Crippen LogP contribution in [0.5, 0.6) is 0 Å². The Hall–Kier alpha value is -1.69. The van der Waals surface area contributed by atoms with Gasteiger partial charge in [-0.3, -0.25) is 0 Å². The van der Waals surface area contributed by atoms with Crippen LogP contribution in [0.3, 0.4) is 0 Å². The van der Waals surface area contributed by atoms with E-state index < -0.39 is 5.97 Å². The van der Waals surface area contributed by atoms with Gasteiger partial charge in [0, 0.05) is 19.3 Å². The molecule has 2 saturated heterocycles. The van der Waals surface area contributed by atoms with E-state index in [0.717, 1.165) is 25.9 Å². The third kappa shape index (κ3) is 1.95. The molecule has 6 nitrogen and oxygen atoms in total. The molecule has 2 fully saturated rings. The SMILES string of the molecule is O=C(O)c1ccnc(N2CC3CCC(C2)O3)n1. The maximum atomic E-state index is 10.8. The number of rotatable bonds is 2. The van der Waals surface area contributed by atoms with Crippen LogP contribution in [0, 0.1) is 0 Å². The summed E-state index contributed by atoms with van der Waals surface area (Å²) in [5.74, 6) is -0.532. The Kier molecular flexibility index (Phi) is 2.44. The zero-order valence-corrected chi connectivity index (χ0v) is 9.24. The fourth-order valence-electron chi connectivity index (χ4n) is 2.40. The lowest BCUT2D eigenvalue weighted by atomic mass is 10.2. The third-order valence-electron chi connectivity index (χ3n) is 3.19. The molecule has 6 heteroatoms. The highest BCUT2D eigenvalue weighted by Crippen LogP contribution is 2.27. The fourth-order valence-corrected chi connectivity index (χ4v) is 2.40. The number of hydrogen-bond donors (Lipinski definition) is 1. The number of hydrogen-bond acceptors (Lipinski definition) is 5. The molecule has 0 saturated carbocycles. The van der Waals surface area contributed by atoms with Crippen molar-refractivity contribution in [3.63, 3.8) is 0 Å². The number of ether oxygens (including phenoxy) is 1. The summed E-state index contributed by atoms with van der Waals surface area (Å²) in [6, 6.07) is 1.40. The van der Waals surface area contributed by atoms with Crippen LogP contribution in [-0.2, 0) is 4.74 Å². The second-order valence-corrected chi connectivity index (χ2v) is 4.41. The standard InChI is InChI=1S/C11H13N3O3/c15-10(16)9-3-4-12-11(13-9)14-5-7-1-2-8(6-14)17-7/h3-4,7-8H,1-2,5-6H2,(H,15,16). The number of carboxylic acid groups (broad SMARTS) is 1. The summed E-state index contributed by atoms with van der Waals surface area (Å²) in [6.45, 7) is 1.50. The zero-order valence-electron chi connectivity index (χ0n) is 9.24. The van der Waals surface area contributed by atoms with E-state index in [4.69, 9.17) is 9.84 Å². The molecule has 3 rings (SSSR count). The highest BCUT2D eigenvalue weighted by atomic mass is 16.5.